The summed E-state index contributed by atoms with van der Waals surface area (Å²) >= 11 is 0. The zero-order valence-electron chi connectivity index (χ0n) is 31.2. The molecular formula is C53H37O3P. The fourth-order valence-corrected chi connectivity index (χ4v) is 11.0. The van der Waals surface area contributed by atoms with Gasteiger partial charge in [0.2, 0.25) is 0 Å². The van der Waals surface area contributed by atoms with Gasteiger partial charge in [0, 0.05) is 22.3 Å². The van der Waals surface area contributed by atoms with Crippen molar-refractivity contribution in [3.8, 4) is 50.6 Å². The van der Waals surface area contributed by atoms with E-state index in [9.17, 15) is 10.2 Å². The second kappa shape index (κ2) is 14.3. The standard InChI is InChI=1S/C53H37O3P/c1-56-48-30-24-39-33-37(36-20-26-44-38(32-36)23-29-47(55)51(44)50-42-18-10-8-12-34(42)22-28-46(50)54)21-27-45(39)52(48)53-43-19-11-9-13-35(43)25-31-49(53)57(40-14-4-2-5-15-40)41-16-6-3-7-17-41/h2-33,54-55H,1H3. The van der Waals surface area contributed by atoms with Crippen molar-refractivity contribution in [2.75, 3.05) is 7.11 Å². The minimum absolute atomic E-state index is 0.130. The van der Waals surface area contributed by atoms with Crippen molar-refractivity contribution in [1.29, 1.82) is 0 Å². The number of benzene rings is 10. The molecule has 0 unspecified atom stereocenters. The lowest BCUT2D eigenvalue weighted by molar-refractivity contribution is 0.417. The van der Waals surface area contributed by atoms with Crippen LogP contribution in [0, 0.1) is 0 Å². The van der Waals surface area contributed by atoms with E-state index in [2.05, 4.69) is 146 Å². The summed E-state index contributed by atoms with van der Waals surface area (Å²) < 4.78 is 6.23. The molecule has 0 aliphatic heterocycles. The summed E-state index contributed by atoms with van der Waals surface area (Å²) in [4.78, 5) is 0. The molecule has 0 saturated carbocycles. The Hall–Kier alpha value is -6.93. The molecule has 10 aromatic carbocycles. The van der Waals surface area contributed by atoms with E-state index in [-0.39, 0.29) is 11.5 Å². The Labute approximate surface area is 332 Å². The molecule has 0 spiro atoms. The predicted octanol–water partition coefficient (Wildman–Crippen LogP) is 12.5. The summed E-state index contributed by atoms with van der Waals surface area (Å²) in [5, 5.41) is 34.6. The van der Waals surface area contributed by atoms with Crippen LogP contribution in [0.5, 0.6) is 17.2 Å². The monoisotopic (exact) mass is 752 g/mol. The van der Waals surface area contributed by atoms with Crippen LogP contribution < -0.4 is 20.7 Å². The number of hydrogen-bond acceptors (Lipinski definition) is 3. The Morgan fingerprint density at radius 3 is 1.37 bits per heavy atom. The summed E-state index contributed by atoms with van der Waals surface area (Å²) in [5.74, 6) is 1.10. The highest BCUT2D eigenvalue weighted by Gasteiger charge is 2.25. The molecule has 0 fully saturated rings. The van der Waals surface area contributed by atoms with Crippen LogP contribution >= 0.6 is 7.92 Å². The summed E-state index contributed by atoms with van der Waals surface area (Å²) in [6, 6.07) is 67.5. The molecule has 10 aromatic rings. The van der Waals surface area contributed by atoms with Gasteiger partial charge in [0.05, 0.1) is 7.11 Å². The van der Waals surface area contributed by atoms with Gasteiger partial charge in [0.25, 0.3) is 0 Å². The fourth-order valence-electron chi connectivity index (χ4n) is 8.49. The van der Waals surface area contributed by atoms with Crippen molar-refractivity contribution < 1.29 is 14.9 Å². The van der Waals surface area contributed by atoms with E-state index in [0.717, 1.165) is 54.8 Å². The van der Waals surface area contributed by atoms with Crippen LogP contribution in [-0.4, -0.2) is 17.3 Å². The van der Waals surface area contributed by atoms with E-state index in [1.165, 1.54) is 32.2 Å². The number of methoxy groups -OCH3 is 1. The second-order valence-corrected chi connectivity index (χ2v) is 16.5. The molecule has 0 atom stereocenters. The number of rotatable bonds is 7. The molecule has 0 amide bonds. The van der Waals surface area contributed by atoms with Crippen LogP contribution in [-0.2, 0) is 0 Å². The first-order valence-electron chi connectivity index (χ1n) is 19.1. The van der Waals surface area contributed by atoms with Crippen molar-refractivity contribution in [2.45, 2.75) is 0 Å². The molecule has 4 heteroatoms. The zero-order chi connectivity index (χ0) is 38.5. The Morgan fingerprint density at radius 2 is 0.807 bits per heavy atom. The van der Waals surface area contributed by atoms with Crippen LogP contribution in [0.25, 0.3) is 76.5 Å². The van der Waals surface area contributed by atoms with E-state index in [1.807, 2.05) is 36.4 Å². The SMILES string of the molecule is COc1ccc2cc(-c3ccc4c(-c5c(O)ccc6ccccc56)c(O)ccc4c3)ccc2c1-c1c(P(c2ccccc2)c2ccccc2)ccc2ccccc12. The van der Waals surface area contributed by atoms with Gasteiger partial charge in [-0.2, -0.15) is 0 Å². The molecule has 0 heterocycles. The minimum atomic E-state index is -0.919. The third kappa shape index (κ3) is 5.96. The number of hydrogen-bond donors (Lipinski definition) is 2. The quantitative estimate of drug-likeness (QED) is 0.159. The molecule has 0 aliphatic carbocycles. The van der Waals surface area contributed by atoms with E-state index >= 15 is 0 Å². The number of ether oxygens (including phenoxy) is 1. The van der Waals surface area contributed by atoms with Gasteiger partial charge >= 0.3 is 0 Å². The zero-order valence-corrected chi connectivity index (χ0v) is 32.1. The number of phenols is 2. The molecule has 272 valence electrons. The second-order valence-electron chi connectivity index (χ2n) is 14.3. The molecule has 0 bridgehead atoms. The van der Waals surface area contributed by atoms with Crippen molar-refractivity contribution in [2.24, 2.45) is 0 Å². The van der Waals surface area contributed by atoms with Gasteiger partial charge in [-0.3, -0.25) is 0 Å². The Balaban J connectivity index is 1.16. The van der Waals surface area contributed by atoms with Crippen LogP contribution in [0.15, 0.2) is 194 Å². The molecule has 2 N–H and O–H groups in total. The number of fused-ring (bicyclic) bond motifs is 4. The summed E-state index contributed by atoms with van der Waals surface area (Å²) in [7, 11) is 0.845. The Kier molecular flexibility index (Phi) is 8.66. The smallest absolute Gasteiger partial charge is 0.127 e. The van der Waals surface area contributed by atoms with Crippen LogP contribution in [0.1, 0.15) is 0 Å². The summed E-state index contributed by atoms with van der Waals surface area (Å²) in [6.07, 6.45) is 0. The van der Waals surface area contributed by atoms with Crippen molar-refractivity contribution >= 4 is 66.9 Å². The maximum atomic E-state index is 11.2. The average molecular weight is 753 g/mol. The average Bonchev–Trinajstić information content (AvgIpc) is 3.27. The van der Waals surface area contributed by atoms with E-state index in [4.69, 9.17) is 4.74 Å². The highest BCUT2D eigenvalue weighted by atomic mass is 31.1. The lowest BCUT2D eigenvalue weighted by Crippen LogP contribution is -2.22. The normalized spacial score (nSPS) is 11.5. The molecule has 3 nitrogen and oxygen atoms in total. The highest BCUT2D eigenvalue weighted by molar-refractivity contribution is 7.80. The first kappa shape index (κ1) is 34.6. The largest absolute Gasteiger partial charge is 0.507 e. The van der Waals surface area contributed by atoms with Crippen LogP contribution in [0.4, 0.5) is 0 Å². The molecule has 0 aromatic heterocycles. The summed E-state index contributed by atoms with van der Waals surface area (Å²) in [6.45, 7) is 0. The summed E-state index contributed by atoms with van der Waals surface area (Å²) in [5.41, 5.74) is 5.67. The first-order valence-corrected chi connectivity index (χ1v) is 20.4. The van der Waals surface area contributed by atoms with E-state index in [0.29, 0.717) is 11.1 Å². The van der Waals surface area contributed by atoms with Crippen LogP contribution in [0.3, 0.4) is 0 Å². The lowest BCUT2D eigenvalue weighted by atomic mass is 9.90. The predicted molar refractivity (Wildman–Crippen MR) is 241 cm³/mol. The van der Waals surface area contributed by atoms with Crippen molar-refractivity contribution in [3.63, 3.8) is 0 Å². The molecular weight excluding hydrogens is 716 g/mol. The van der Waals surface area contributed by atoms with Gasteiger partial charge in [-0.1, -0.05) is 164 Å². The van der Waals surface area contributed by atoms with Gasteiger partial charge in [0.15, 0.2) is 0 Å². The Morgan fingerprint density at radius 1 is 0.368 bits per heavy atom. The Bertz CT molecular complexity index is 3100. The molecule has 0 radical (unpaired) electrons. The first-order chi connectivity index (χ1) is 28.1. The van der Waals surface area contributed by atoms with E-state index in [1.54, 1.807) is 19.2 Å². The lowest BCUT2D eigenvalue weighted by Gasteiger charge is -2.25. The van der Waals surface area contributed by atoms with Crippen LogP contribution in [0.2, 0.25) is 0 Å². The van der Waals surface area contributed by atoms with Gasteiger partial charge in [-0.05, 0) is 108 Å². The van der Waals surface area contributed by atoms with Gasteiger partial charge in [0.1, 0.15) is 17.2 Å². The molecule has 10 rings (SSSR count). The molecule has 0 saturated heterocycles. The van der Waals surface area contributed by atoms with Crippen molar-refractivity contribution in [1.82, 2.24) is 0 Å². The van der Waals surface area contributed by atoms with Gasteiger partial charge in [-0.25, -0.2) is 0 Å². The maximum absolute atomic E-state index is 11.2. The molecule has 0 aliphatic rings. The third-order valence-corrected chi connectivity index (χ3v) is 13.6. The third-order valence-electron chi connectivity index (χ3n) is 11.1. The minimum Gasteiger partial charge on any atom is -0.507 e. The van der Waals surface area contributed by atoms with Gasteiger partial charge < -0.3 is 14.9 Å². The topological polar surface area (TPSA) is 49.7 Å². The fraction of sp³-hybridized carbons (Fsp3) is 0.0189. The van der Waals surface area contributed by atoms with E-state index < -0.39 is 7.92 Å². The number of aromatic hydroxyl groups is 2. The number of phenolic OH excluding ortho intramolecular Hbond substituents is 2. The maximum Gasteiger partial charge on any atom is 0.127 e. The van der Waals surface area contributed by atoms with Crippen molar-refractivity contribution in [3.05, 3.63) is 194 Å². The van der Waals surface area contributed by atoms with Gasteiger partial charge in [-0.15, -0.1) is 0 Å². The highest BCUT2D eigenvalue weighted by Crippen LogP contribution is 2.47. The molecule has 57 heavy (non-hydrogen) atoms.